The maximum absolute atomic E-state index is 11.5. The molecule has 0 aliphatic heterocycles. The predicted octanol–water partition coefficient (Wildman–Crippen LogP) is 0.749. The summed E-state index contributed by atoms with van der Waals surface area (Å²) in [6, 6.07) is 0. The van der Waals surface area contributed by atoms with Gasteiger partial charge in [0.15, 0.2) is 0 Å². The maximum atomic E-state index is 11.5. The minimum atomic E-state index is -3.15. The number of hydrogen-bond acceptors (Lipinski definition) is 4. The van der Waals surface area contributed by atoms with Crippen molar-refractivity contribution in [1.82, 2.24) is 5.09 Å². The molecule has 0 aliphatic rings. The van der Waals surface area contributed by atoms with Crippen molar-refractivity contribution in [2.45, 2.75) is 13.8 Å². The summed E-state index contributed by atoms with van der Waals surface area (Å²) in [5, 5.41) is 11.0. The van der Waals surface area contributed by atoms with Crippen LogP contribution < -0.4 is 5.09 Å². The first-order chi connectivity index (χ1) is 5.68. The number of aliphatic hydroxyl groups excluding tert-OH is 1. The van der Waals surface area contributed by atoms with E-state index in [1.807, 2.05) is 0 Å². The van der Waals surface area contributed by atoms with Gasteiger partial charge in [-0.25, -0.2) is 9.65 Å². The maximum Gasteiger partial charge on any atom is 0.405 e. The highest BCUT2D eigenvalue weighted by Gasteiger charge is 2.21. The predicted molar refractivity (Wildman–Crippen MR) is 45.9 cm³/mol. The van der Waals surface area contributed by atoms with Crippen molar-refractivity contribution in [3.05, 3.63) is 0 Å². The number of hydrogen-bond donors (Lipinski definition) is 2. The molecule has 0 fully saturated rings. The fourth-order valence-corrected chi connectivity index (χ4v) is 1.96. The zero-order chi connectivity index (χ0) is 9.45. The van der Waals surface area contributed by atoms with Crippen LogP contribution in [0.2, 0.25) is 0 Å². The third-order valence-corrected chi connectivity index (χ3v) is 2.83. The summed E-state index contributed by atoms with van der Waals surface area (Å²) < 4.78 is 21.2. The zero-order valence-electron chi connectivity index (χ0n) is 7.45. The summed E-state index contributed by atoms with van der Waals surface area (Å²) in [6.07, 6.45) is 0. The van der Waals surface area contributed by atoms with E-state index in [0.717, 1.165) is 0 Å². The average Bonchev–Trinajstić information content (AvgIpc) is 2.02. The summed E-state index contributed by atoms with van der Waals surface area (Å²) in [4.78, 5) is 0. The van der Waals surface area contributed by atoms with Gasteiger partial charge in [-0.3, -0.25) is 9.05 Å². The van der Waals surface area contributed by atoms with Crippen molar-refractivity contribution in [2.24, 2.45) is 0 Å². The molecule has 2 N–H and O–H groups in total. The molecule has 0 radical (unpaired) electrons. The highest BCUT2D eigenvalue weighted by molar-refractivity contribution is 7.51. The highest BCUT2D eigenvalue weighted by Crippen LogP contribution is 2.42. The van der Waals surface area contributed by atoms with Crippen LogP contribution in [0.3, 0.4) is 0 Å². The lowest BCUT2D eigenvalue weighted by molar-refractivity contribution is 0.159. The molecule has 0 spiro atoms. The van der Waals surface area contributed by atoms with Gasteiger partial charge in [0.25, 0.3) is 0 Å². The molecule has 0 bridgehead atoms. The van der Waals surface area contributed by atoms with Crippen molar-refractivity contribution in [2.75, 3.05) is 26.4 Å². The summed E-state index contributed by atoms with van der Waals surface area (Å²) in [6.45, 7) is 4.20. The smallest absolute Gasteiger partial charge is 0.394 e. The Balaban J connectivity index is 3.90. The molecule has 5 nitrogen and oxygen atoms in total. The number of rotatable bonds is 7. The molecule has 0 amide bonds. The van der Waals surface area contributed by atoms with Gasteiger partial charge in [0.05, 0.1) is 19.8 Å². The molecule has 6 heteroatoms. The van der Waals surface area contributed by atoms with Gasteiger partial charge in [0.2, 0.25) is 0 Å². The van der Waals surface area contributed by atoms with E-state index in [1.165, 1.54) is 0 Å². The summed E-state index contributed by atoms with van der Waals surface area (Å²) in [5.41, 5.74) is 0. The highest BCUT2D eigenvalue weighted by atomic mass is 31.2. The molecule has 12 heavy (non-hydrogen) atoms. The van der Waals surface area contributed by atoms with E-state index < -0.39 is 7.75 Å². The largest absolute Gasteiger partial charge is 0.405 e. The third-order valence-electron chi connectivity index (χ3n) is 1.00. The molecule has 0 aromatic carbocycles. The Morgan fingerprint density at radius 2 is 2.08 bits per heavy atom. The standard InChI is InChI=1S/C6H16NO4P/c1-3-7-12(9,10-4-2)11-6-5-8/h8H,3-6H2,1-2H3,(H,7,9). The Kier molecular flexibility index (Phi) is 6.61. The minimum Gasteiger partial charge on any atom is -0.394 e. The quantitative estimate of drug-likeness (QED) is 0.589. The van der Waals surface area contributed by atoms with Gasteiger partial charge in [-0.1, -0.05) is 6.92 Å². The molecule has 1 unspecified atom stereocenters. The van der Waals surface area contributed by atoms with Crippen LogP contribution in [0.15, 0.2) is 0 Å². The molecule has 1 atom stereocenters. The fourth-order valence-electron chi connectivity index (χ4n) is 0.653. The van der Waals surface area contributed by atoms with Gasteiger partial charge in [-0.15, -0.1) is 0 Å². The summed E-state index contributed by atoms with van der Waals surface area (Å²) in [7, 11) is -3.15. The van der Waals surface area contributed by atoms with Crippen LogP contribution in [0.5, 0.6) is 0 Å². The van der Waals surface area contributed by atoms with E-state index in [-0.39, 0.29) is 13.2 Å². The van der Waals surface area contributed by atoms with Crippen LogP contribution in [-0.2, 0) is 13.6 Å². The molecule has 0 aromatic heterocycles. The normalized spacial score (nSPS) is 15.9. The monoisotopic (exact) mass is 197 g/mol. The van der Waals surface area contributed by atoms with Crippen LogP contribution >= 0.6 is 7.75 Å². The van der Waals surface area contributed by atoms with Crippen molar-refractivity contribution >= 4 is 7.75 Å². The molecular weight excluding hydrogens is 181 g/mol. The van der Waals surface area contributed by atoms with Crippen molar-refractivity contribution < 1.29 is 18.7 Å². The Labute approximate surface area is 72.7 Å². The summed E-state index contributed by atoms with van der Waals surface area (Å²) >= 11 is 0. The second kappa shape index (κ2) is 6.57. The van der Waals surface area contributed by atoms with Gasteiger partial charge in [-0.05, 0) is 6.92 Å². The molecular formula is C6H16NO4P. The van der Waals surface area contributed by atoms with Crippen molar-refractivity contribution in [1.29, 1.82) is 0 Å². The van der Waals surface area contributed by atoms with Crippen LogP contribution in [-0.4, -0.2) is 31.5 Å². The molecule has 0 rings (SSSR count). The second-order valence-corrected chi connectivity index (χ2v) is 3.81. The first-order valence-corrected chi connectivity index (χ1v) is 5.48. The number of nitrogens with one attached hydrogen (secondary N) is 1. The Morgan fingerprint density at radius 1 is 1.42 bits per heavy atom. The van der Waals surface area contributed by atoms with Crippen LogP contribution in [0, 0.1) is 0 Å². The van der Waals surface area contributed by atoms with Gasteiger partial charge >= 0.3 is 7.75 Å². The third kappa shape index (κ3) is 4.85. The molecule has 74 valence electrons. The van der Waals surface area contributed by atoms with Crippen LogP contribution in [0.25, 0.3) is 0 Å². The van der Waals surface area contributed by atoms with E-state index in [9.17, 15) is 4.57 Å². The van der Waals surface area contributed by atoms with Crippen LogP contribution in [0.4, 0.5) is 0 Å². The Hall–Kier alpha value is 0.0700. The van der Waals surface area contributed by atoms with E-state index in [4.69, 9.17) is 14.2 Å². The van der Waals surface area contributed by atoms with Gasteiger partial charge < -0.3 is 5.11 Å². The van der Waals surface area contributed by atoms with Gasteiger partial charge in [-0.2, -0.15) is 0 Å². The van der Waals surface area contributed by atoms with E-state index in [1.54, 1.807) is 13.8 Å². The molecule has 0 heterocycles. The van der Waals surface area contributed by atoms with E-state index in [2.05, 4.69) is 5.09 Å². The van der Waals surface area contributed by atoms with Gasteiger partial charge in [0.1, 0.15) is 0 Å². The molecule has 0 aliphatic carbocycles. The summed E-state index contributed by atoms with van der Waals surface area (Å²) in [5.74, 6) is 0. The SMILES string of the molecule is CCNP(=O)(OCC)OCCO. The first kappa shape index (κ1) is 12.1. The second-order valence-electron chi connectivity index (χ2n) is 1.98. The lowest BCUT2D eigenvalue weighted by atomic mass is 10.8. The Bertz CT molecular complexity index is 142. The molecule has 0 aromatic rings. The average molecular weight is 197 g/mol. The lowest BCUT2D eigenvalue weighted by Gasteiger charge is -2.16. The molecule has 0 saturated carbocycles. The fraction of sp³-hybridized carbons (Fsp3) is 1.00. The van der Waals surface area contributed by atoms with E-state index in [0.29, 0.717) is 13.2 Å². The minimum absolute atomic E-state index is 0.0181. The van der Waals surface area contributed by atoms with E-state index >= 15 is 0 Å². The first-order valence-electron chi connectivity index (χ1n) is 3.93. The van der Waals surface area contributed by atoms with Gasteiger partial charge in [0, 0.05) is 6.54 Å². The zero-order valence-corrected chi connectivity index (χ0v) is 8.34. The van der Waals surface area contributed by atoms with Crippen LogP contribution in [0.1, 0.15) is 13.8 Å². The molecule has 0 saturated heterocycles. The Morgan fingerprint density at radius 3 is 2.50 bits per heavy atom. The van der Waals surface area contributed by atoms with Crippen molar-refractivity contribution in [3.8, 4) is 0 Å². The lowest BCUT2D eigenvalue weighted by Crippen LogP contribution is -2.15. The van der Waals surface area contributed by atoms with Crippen molar-refractivity contribution in [3.63, 3.8) is 0 Å². The topological polar surface area (TPSA) is 67.8 Å². The number of aliphatic hydroxyl groups is 1.